The first kappa shape index (κ1) is 11.0. The molecule has 0 bridgehead atoms. The highest BCUT2D eigenvalue weighted by Crippen LogP contribution is 2.18. The molecule has 1 N–H and O–H groups in total. The first-order valence-electron chi connectivity index (χ1n) is 4.78. The number of halogens is 1. The van der Waals surface area contributed by atoms with Gasteiger partial charge in [-0.2, -0.15) is 0 Å². The second-order valence-corrected chi connectivity index (χ2v) is 5.59. The van der Waals surface area contributed by atoms with Crippen LogP contribution in [0.15, 0.2) is 35.7 Å². The Balaban J connectivity index is 2.02. The number of aryl methyl sites for hydroxylation is 1. The van der Waals surface area contributed by atoms with Gasteiger partial charge in [-0.15, -0.1) is 11.3 Å². The lowest BCUT2D eigenvalue weighted by Gasteiger charge is -2.06. The summed E-state index contributed by atoms with van der Waals surface area (Å²) < 4.78 is 1.31. The zero-order valence-electron chi connectivity index (χ0n) is 8.46. The summed E-state index contributed by atoms with van der Waals surface area (Å²) in [5.74, 6) is 0. The van der Waals surface area contributed by atoms with Gasteiger partial charge >= 0.3 is 0 Å². The Labute approximate surface area is 108 Å². The number of rotatable bonds is 3. The fourth-order valence-electron chi connectivity index (χ4n) is 1.31. The molecule has 0 spiro atoms. The maximum atomic E-state index is 3.42. The summed E-state index contributed by atoms with van der Waals surface area (Å²) >= 11 is 4.15. The van der Waals surface area contributed by atoms with Crippen LogP contribution >= 0.6 is 33.9 Å². The fourth-order valence-corrected chi connectivity index (χ4v) is 2.47. The topological polar surface area (TPSA) is 12.0 Å². The summed E-state index contributed by atoms with van der Waals surface area (Å²) in [7, 11) is 0. The third-order valence-electron chi connectivity index (χ3n) is 2.22. The lowest BCUT2D eigenvalue weighted by molar-refractivity contribution is 1.19. The van der Waals surface area contributed by atoms with Crippen molar-refractivity contribution in [3.05, 3.63) is 49.7 Å². The van der Waals surface area contributed by atoms with Crippen molar-refractivity contribution >= 4 is 39.6 Å². The molecule has 2 aromatic rings. The van der Waals surface area contributed by atoms with E-state index in [0.29, 0.717) is 0 Å². The lowest BCUT2D eigenvalue weighted by Crippen LogP contribution is -1.97. The Bertz CT molecular complexity index is 437. The summed E-state index contributed by atoms with van der Waals surface area (Å²) in [6, 6.07) is 10.7. The smallest absolute Gasteiger partial charge is 0.0494 e. The quantitative estimate of drug-likeness (QED) is 0.829. The number of thiophene rings is 1. The van der Waals surface area contributed by atoms with Gasteiger partial charge in [-0.25, -0.2) is 0 Å². The third-order valence-corrected chi connectivity index (χ3v) is 4.26. The maximum absolute atomic E-state index is 3.42. The zero-order chi connectivity index (χ0) is 10.7. The molecule has 0 radical (unpaired) electrons. The van der Waals surface area contributed by atoms with E-state index >= 15 is 0 Å². The largest absolute Gasteiger partial charge is 0.380 e. The van der Waals surface area contributed by atoms with Crippen molar-refractivity contribution in [2.75, 3.05) is 5.32 Å². The van der Waals surface area contributed by atoms with Gasteiger partial charge in [-0.3, -0.25) is 0 Å². The monoisotopic (exact) mass is 329 g/mol. The van der Waals surface area contributed by atoms with E-state index in [4.69, 9.17) is 0 Å². The van der Waals surface area contributed by atoms with Crippen molar-refractivity contribution in [1.29, 1.82) is 0 Å². The Morgan fingerprint density at radius 3 is 2.87 bits per heavy atom. The Kier molecular flexibility index (Phi) is 3.64. The fraction of sp³-hybridized carbons (Fsp3) is 0.167. The summed E-state index contributed by atoms with van der Waals surface area (Å²) in [5, 5.41) is 5.53. The van der Waals surface area contributed by atoms with Crippen molar-refractivity contribution in [2.24, 2.45) is 0 Å². The van der Waals surface area contributed by atoms with Gasteiger partial charge in [0.2, 0.25) is 0 Å². The molecule has 0 aliphatic rings. The summed E-state index contributed by atoms with van der Waals surface area (Å²) in [6.45, 7) is 3.04. The van der Waals surface area contributed by atoms with Crippen LogP contribution in [0.4, 0.5) is 5.69 Å². The Morgan fingerprint density at radius 1 is 1.33 bits per heavy atom. The van der Waals surface area contributed by atoms with Gasteiger partial charge in [0.05, 0.1) is 0 Å². The van der Waals surface area contributed by atoms with E-state index in [9.17, 15) is 0 Å². The molecule has 0 aliphatic carbocycles. The molecule has 1 heterocycles. The minimum atomic E-state index is 0.913. The average Bonchev–Trinajstić information content (AvgIpc) is 2.73. The average molecular weight is 329 g/mol. The minimum Gasteiger partial charge on any atom is -0.380 e. The minimum absolute atomic E-state index is 0.913. The molecule has 15 heavy (non-hydrogen) atoms. The zero-order valence-corrected chi connectivity index (χ0v) is 11.4. The maximum Gasteiger partial charge on any atom is 0.0494 e. The molecule has 0 amide bonds. The molecular formula is C12H12INS. The highest BCUT2D eigenvalue weighted by molar-refractivity contribution is 14.1. The molecule has 2 rings (SSSR count). The number of nitrogens with one attached hydrogen (secondary N) is 1. The third kappa shape index (κ3) is 2.95. The highest BCUT2D eigenvalue weighted by atomic mass is 127. The van der Waals surface area contributed by atoms with E-state index in [1.807, 2.05) is 0 Å². The van der Waals surface area contributed by atoms with Crippen molar-refractivity contribution in [3.8, 4) is 0 Å². The van der Waals surface area contributed by atoms with Crippen LogP contribution in [0.25, 0.3) is 0 Å². The van der Waals surface area contributed by atoms with Crippen molar-refractivity contribution in [3.63, 3.8) is 0 Å². The first-order chi connectivity index (χ1) is 7.25. The summed E-state index contributed by atoms with van der Waals surface area (Å²) in [4.78, 5) is 1.37. The molecule has 0 saturated heterocycles. The number of benzene rings is 1. The van der Waals surface area contributed by atoms with Crippen LogP contribution in [-0.4, -0.2) is 0 Å². The second-order valence-electron chi connectivity index (χ2n) is 3.40. The van der Waals surface area contributed by atoms with E-state index in [0.717, 1.165) is 6.54 Å². The van der Waals surface area contributed by atoms with Crippen LogP contribution in [0.2, 0.25) is 0 Å². The van der Waals surface area contributed by atoms with Crippen molar-refractivity contribution in [2.45, 2.75) is 13.5 Å². The number of hydrogen-bond acceptors (Lipinski definition) is 2. The molecule has 0 unspecified atom stereocenters. The van der Waals surface area contributed by atoms with Gasteiger partial charge < -0.3 is 5.32 Å². The van der Waals surface area contributed by atoms with Gasteiger partial charge in [-0.05, 0) is 58.7 Å². The molecule has 0 atom stereocenters. The van der Waals surface area contributed by atoms with E-state index in [-0.39, 0.29) is 0 Å². The highest BCUT2D eigenvalue weighted by Gasteiger charge is 1.97. The van der Waals surface area contributed by atoms with Crippen LogP contribution in [0.3, 0.4) is 0 Å². The SMILES string of the molecule is Cc1ccc(NCc2cccs2)cc1I. The summed E-state index contributed by atoms with van der Waals surface area (Å²) in [5.41, 5.74) is 2.52. The van der Waals surface area contributed by atoms with Crippen LogP contribution in [-0.2, 0) is 6.54 Å². The summed E-state index contributed by atoms with van der Waals surface area (Å²) in [6.07, 6.45) is 0. The lowest BCUT2D eigenvalue weighted by atomic mass is 10.2. The Hall–Kier alpha value is -0.550. The first-order valence-corrected chi connectivity index (χ1v) is 6.74. The number of anilines is 1. The molecule has 78 valence electrons. The van der Waals surface area contributed by atoms with E-state index in [1.54, 1.807) is 11.3 Å². The van der Waals surface area contributed by atoms with Crippen LogP contribution in [0, 0.1) is 10.5 Å². The van der Waals surface area contributed by atoms with Gasteiger partial charge in [-0.1, -0.05) is 12.1 Å². The molecule has 1 nitrogen and oxygen atoms in total. The van der Waals surface area contributed by atoms with E-state index < -0.39 is 0 Å². The Morgan fingerprint density at radius 2 is 2.20 bits per heavy atom. The molecule has 3 heteroatoms. The number of hydrogen-bond donors (Lipinski definition) is 1. The molecule has 0 saturated carbocycles. The molecule has 1 aromatic carbocycles. The van der Waals surface area contributed by atoms with Gasteiger partial charge in [0.25, 0.3) is 0 Å². The standard InChI is InChI=1S/C12H12INS/c1-9-4-5-10(7-12(9)13)14-8-11-3-2-6-15-11/h2-7,14H,8H2,1H3. The van der Waals surface area contributed by atoms with Gasteiger partial charge in [0.1, 0.15) is 0 Å². The second kappa shape index (κ2) is 4.99. The predicted octanol–water partition coefficient (Wildman–Crippen LogP) is 4.27. The van der Waals surface area contributed by atoms with Crippen LogP contribution in [0.1, 0.15) is 10.4 Å². The van der Waals surface area contributed by atoms with Gasteiger partial charge in [0.15, 0.2) is 0 Å². The normalized spacial score (nSPS) is 10.3. The van der Waals surface area contributed by atoms with Crippen LogP contribution < -0.4 is 5.32 Å². The van der Waals surface area contributed by atoms with Crippen LogP contribution in [0.5, 0.6) is 0 Å². The molecule has 0 fully saturated rings. The molecule has 1 aromatic heterocycles. The van der Waals surface area contributed by atoms with E-state index in [1.165, 1.54) is 19.7 Å². The van der Waals surface area contributed by atoms with E-state index in [2.05, 4.69) is 70.5 Å². The predicted molar refractivity (Wildman–Crippen MR) is 75.5 cm³/mol. The molecular weight excluding hydrogens is 317 g/mol. The molecule has 0 aliphatic heterocycles. The van der Waals surface area contributed by atoms with Crippen molar-refractivity contribution in [1.82, 2.24) is 0 Å². The van der Waals surface area contributed by atoms with Gasteiger partial charge in [0, 0.05) is 20.7 Å². The van der Waals surface area contributed by atoms with Crippen molar-refractivity contribution < 1.29 is 0 Å².